The lowest BCUT2D eigenvalue weighted by Crippen LogP contribution is -2.39. The molecule has 1 fully saturated rings. The zero-order valence-electron chi connectivity index (χ0n) is 19.4. The van der Waals surface area contributed by atoms with Crippen LogP contribution < -0.4 is 14.4 Å². The van der Waals surface area contributed by atoms with Crippen molar-refractivity contribution in [1.82, 2.24) is 14.7 Å². The largest absolute Gasteiger partial charge is 0.475 e. The number of amides is 1. The number of rotatable bonds is 7. The maximum absolute atomic E-state index is 13.4. The number of hydrogen-bond acceptors (Lipinski definition) is 7. The van der Waals surface area contributed by atoms with Crippen LogP contribution in [0.2, 0.25) is 0 Å². The average Bonchev–Trinajstić information content (AvgIpc) is 3.54. The Morgan fingerprint density at radius 1 is 1.18 bits per heavy atom. The van der Waals surface area contributed by atoms with Crippen LogP contribution in [-0.2, 0) is 20.2 Å². The molecule has 3 aromatic rings. The molecule has 0 aliphatic heterocycles. The summed E-state index contributed by atoms with van der Waals surface area (Å²) in [4.78, 5) is 24.2. The second-order valence-electron chi connectivity index (χ2n) is 8.90. The molecule has 9 heteroatoms. The molecule has 1 aliphatic rings. The Hall–Kier alpha value is -3.20. The van der Waals surface area contributed by atoms with Gasteiger partial charge in [0.1, 0.15) is 0 Å². The molecule has 4 rings (SSSR count). The van der Waals surface area contributed by atoms with E-state index in [1.165, 1.54) is 6.07 Å². The number of carbonyl (C=O) groups excluding carboxylic acids is 1. The van der Waals surface area contributed by atoms with Crippen molar-refractivity contribution in [3.8, 4) is 5.88 Å². The van der Waals surface area contributed by atoms with Crippen molar-refractivity contribution < 1.29 is 17.9 Å². The molecule has 2 heterocycles. The minimum Gasteiger partial charge on any atom is -0.475 e. The number of aromatic nitrogens is 2. The third kappa shape index (κ3) is 4.37. The Kier molecular flexibility index (Phi) is 5.78. The molecule has 0 spiro atoms. The van der Waals surface area contributed by atoms with E-state index < -0.39 is 21.3 Å². The fraction of sp³-hybridized carbons (Fsp3) is 0.375. The van der Waals surface area contributed by atoms with Gasteiger partial charge in [-0.3, -0.25) is 9.78 Å². The van der Waals surface area contributed by atoms with E-state index in [-0.39, 0.29) is 11.0 Å². The third-order valence-electron chi connectivity index (χ3n) is 5.75. The number of pyridine rings is 2. The molecule has 2 aromatic heterocycles. The predicted molar refractivity (Wildman–Crippen MR) is 127 cm³/mol. The van der Waals surface area contributed by atoms with Crippen molar-refractivity contribution in [3.63, 3.8) is 0 Å². The topological polar surface area (TPSA) is 101 Å². The summed E-state index contributed by atoms with van der Waals surface area (Å²) in [5, 5.41) is 0.466. The quantitative estimate of drug-likeness (QED) is 0.567. The number of aryl methyl sites for hydroxylation is 1. The van der Waals surface area contributed by atoms with Crippen LogP contribution in [0.15, 0.2) is 47.5 Å². The molecule has 0 unspecified atom stereocenters. The van der Waals surface area contributed by atoms with E-state index in [0.717, 1.165) is 11.4 Å². The van der Waals surface area contributed by atoms with Crippen LogP contribution in [0, 0.1) is 6.92 Å². The van der Waals surface area contributed by atoms with Gasteiger partial charge in [-0.15, -0.1) is 0 Å². The first-order chi connectivity index (χ1) is 15.5. The van der Waals surface area contributed by atoms with Crippen molar-refractivity contribution in [2.45, 2.75) is 50.0 Å². The molecular weight excluding hydrogens is 440 g/mol. The Balaban J connectivity index is 1.72. The Morgan fingerprint density at radius 3 is 2.55 bits per heavy atom. The van der Waals surface area contributed by atoms with E-state index in [1.807, 2.05) is 45.8 Å². The molecule has 1 saturated carbocycles. The Labute approximate surface area is 194 Å². The minimum absolute atomic E-state index is 0.0236. The van der Waals surface area contributed by atoms with Gasteiger partial charge in [0.2, 0.25) is 11.8 Å². The number of benzene rings is 1. The van der Waals surface area contributed by atoms with Gasteiger partial charge in [0.05, 0.1) is 33.8 Å². The van der Waals surface area contributed by atoms with E-state index in [1.54, 1.807) is 30.5 Å². The number of hydrogen-bond donors (Lipinski definition) is 1. The zero-order valence-corrected chi connectivity index (χ0v) is 20.2. The summed E-state index contributed by atoms with van der Waals surface area (Å²) in [7, 11) is -0.365. The van der Waals surface area contributed by atoms with Crippen LogP contribution >= 0.6 is 0 Å². The minimum atomic E-state index is -4.12. The van der Waals surface area contributed by atoms with Gasteiger partial charge in [-0.2, -0.15) is 0 Å². The van der Waals surface area contributed by atoms with Crippen molar-refractivity contribution in [1.29, 1.82) is 0 Å². The van der Waals surface area contributed by atoms with E-state index in [0.29, 0.717) is 35.2 Å². The second-order valence-corrected chi connectivity index (χ2v) is 10.6. The summed E-state index contributed by atoms with van der Waals surface area (Å²) in [6.07, 6.45) is 2.56. The number of sulfonamides is 1. The van der Waals surface area contributed by atoms with Gasteiger partial charge in [-0.05, 0) is 63.9 Å². The molecule has 0 atom stereocenters. The van der Waals surface area contributed by atoms with E-state index in [2.05, 4.69) is 14.7 Å². The summed E-state index contributed by atoms with van der Waals surface area (Å²) in [6.45, 7) is 5.60. The summed E-state index contributed by atoms with van der Waals surface area (Å²) >= 11 is 0. The summed E-state index contributed by atoms with van der Waals surface area (Å²) in [5.74, 6) is -0.226. The molecule has 33 heavy (non-hydrogen) atoms. The Bertz CT molecular complexity index is 1330. The highest BCUT2D eigenvalue weighted by Crippen LogP contribution is 2.52. The van der Waals surface area contributed by atoms with Gasteiger partial charge < -0.3 is 9.64 Å². The van der Waals surface area contributed by atoms with Gasteiger partial charge in [0, 0.05) is 30.7 Å². The predicted octanol–water partition coefficient (Wildman–Crippen LogP) is 3.33. The highest BCUT2D eigenvalue weighted by atomic mass is 32.2. The van der Waals surface area contributed by atoms with Gasteiger partial charge in [0.25, 0.3) is 10.0 Å². The van der Waals surface area contributed by atoms with Crippen molar-refractivity contribution >= 4 is 32.5 Å². The number of nitrogens with zero attached hydrogens (tertiary/aromatic N) is 3. The van der Waals surface area contributed by atoms with Crippen LogP contribution in [-0.4, -0.2) is 44.5 Å². The molecule has 1 aromatic carbocycles. The maximum Gasteiger partial charge on any atom is 0.264 e. The standard InChI is InChI=1S/C24H28N4O4S/c1-15(2)32-22-19(13-17(14-25-22)28(4)5)24(11-12-24)23(29)27-33(30,31)21-8-6-7-20-18(21)10-9-16(3)26-20/h6-10,13-15H,11-12H2,1-5H3,(H,27,29). The molecule has 1 amide bonds. The van der Waals surface area contributed by atoms with Crippen LogP contribution in [0.5, 0.6) is 5.88 Å². The zero-order chi connectivity index (χ0) is 24.0. The van der Waals surface area contributed by atoms with Crippen LogP contribution in [0.3, 0.4) is 0 Å². The summed E-state index contributed by atoms with van der Waals surface area (Å²) in [5.41, 5.74) is 1.74. The van der Waals surface area contributed by atoms with Gasteiger partial charge >= 0.3 is 0 Å². The fourth-order valence-corrected chi connectivity index (χ4v) is 5.10. The second kappa shape index (κ2) is 8.30. The van der Waals surface area contributed by atoms with Gasteiger partial charge in [0.15, 0.2) is 0 Å². The highest BCUT2D eigenvalue weighted by Gasteiger charge is 2.54. The van der Waals surface area contributed by atoms with Crippen molar-refractivity contribution in [2.75, 3.05) is 19.0 Å². The number of fused-ring (bicyclic) bond motifs is 1. The molecule has 1 aliphatic carbocycles. The van der Waals surface area contributed by atoms with E-state index in [9.17, 15) is 13.2 Å². The molecule has 8 nitrogen and oxygen atoms in total. The van der Waals surface area contributed by atoms with Gasteiger partial charge in [-0.1, -0.05) is 6.07 Å². The average molecular weight is 469 g/mol. The normalized spacial score (nSPS) is 14.8. The van der Waals surface area contributed by atoms with Crippen LogP contribution in [0.25, 0.3) is 10.9 Å². The smallest absolute Gasteiger partial charge is 0.264 e. The maximum atomic E-state index is 13.4. The lowest BCUT2D eigenvalue weighted by atomic mass is 9.96. The number of ether oxygens (including phenoxy) is 1. The van der Waals surface area contributed by atoms with E-state index in [4.69, 9.17) is 4.74 Å². The van der Waals surface area contributed by atoms with E-state index >= 15 is 0 Å². The summed E-state index contributed by atoms with van der Waals surface area (Å²) < 4.78 is 34.7. The van der Waals surface area contributed by atoms with Crippen LogP contribution in [0.4, 0.5) is 5.69 Å². The first kappa shape index (κ1) is 23.0. The van der Waals surface area contributed by atoms with Crippen LogP contribution in [0.1, 0.15) is 37.9 Å². The molecule has 0 bridgehead atoms. The van der Waals surface area contributed by atoms with Crippen molar-refractivity contribution in [3.05, 3.63) is 53.9 Å². The third-order valence-corrected chi connectivity index (χ3v) is 7.14. The molecule has 0 radical (unpaired) electrons. The fourth-order valence-electron chi connectivity index (χ4n) is 3.83. The van der Waals surface area contributed by atoms with Crippen molar-refractivity contribution in [2.24, 2.45) is 0 Å². The molecule has 174 valence electrons. The number of carbonyl (C=O) groups is 1. The lowest BCUT2D eigenvalue weighted by molar-refractivity contribution is -0.121. The molecule has 0 saturated heterocycles. The number of nitrogens with one attached hydrogen (secondary N) is 1. The molecule has 1 N–H and O–H groups in total. The SMILES string of the molecule is Cc1ccc2c(S(=O)(=O)NC(=O)C3(c4cc(N(C)C)cnc4OC(C)C)CC3)cccc2n1. The first-order valence-electron chi connectivity index (χ1n) is 10.8. The Morgan fingerprint density at radius 2 is 1.91 bits per heavy atom. The number of anilines is 1. The summed E-state index contributed by atoms with van der Waals surface area (Å²) in [6, 6.07) is 10.2. The lowest BCUT2D eigenvalue weighted by Gasteiger charge is -2.22. The molecular formula is C24H28N4O4S. The highest BCUT2D eigenvalue weighted by molar-refractivity contribution is 7.90. The van der Waals surface area contributed by atoms with Gasteiger partial charge in [-0.25, -0.2) is 18.1 Å². The monoisotopic (exact) mass is 468 g/mol. The first-order valence-corrected chi connectivity index (χ1v) is 12.3.